The summed E-state index contributed by atoms with van der Waals surface area (Å²) < 4.78 is 60.5. The van der Waals surface area contributed by atoms with Crippen molar-refractivity contribution in [2.75, 3.05) is 0 Å². The van der Waals surface area contributed by atoms with Crippen LogP contribution in [0, 0.1) is 0 Å². The van der Waals surface area contributed by atoms with Crippen molar-refractivity contribution < 1.29 is 37.0 Å². The SMILES string of the molecule is CC(F)(F)C(O)(F)C(F)(F)C(=O)O. The standard InChI is InChI=1S/C5H5F5O3/c1-3(6,7)5(10,13)4(8,9)2(11)12/h13H,1H3,(H,11,12). The van der Waals surface area contributed by atoms with Gasteiger partial charge in [-0.05, 0) is 0 Å². The van der Waals surface area contributed by atoms with Crippen molar-refractivity contribution in [1.29, 1.82) is 0 Å². The third-order valence-electron chi connectivity index (χ3n) is 1.27. The first-order valence-corrected chi connectivity index (χ1v) is 2.85. The number of rotatable bonds is 3. The van der Waals surface area contributed by atoms with E-state index in [2.05, 4.69) is 0 Å². The Labute approximate surface area is 68.8 Å². The van der Waals surface area contributed by atoms with E-state index in [1.54, 1.807) is 0 Å². The summed E-state index contributed by atoms with van der Waals surface area (Å²) in [5, 5.41) is 15.7. The van der Waals surface area contributed by atoms with Crippen LogP contribution in [0.2, 0.25) is 0 Å². The van der Waals surface area contributed by atoms with Crippen LogP contribution in [0.15, 0.2) is 0 Å². The minimum Gasteiger partial charge on any atom is -0.477 e. The summed E-state index contributed by atoms with van der Waals surface area (Å²) in [4.78, 5) is 9.63. The number of halogens is 5. The molecule has 0 saturated heterocycles. The smallest absolute Gasteiger partial charge is 0.405 e. The van der Waals surface area contributed by atoms with Gasteiger partial charge in [0.2, 0.25) is 0 Å². The van der Waals surface area contributed by atoms with Gasteiger partial charge in [-0.15, -0.1) is 0 Å². The van der Waals surface area contributed by atoms with Gasteiger partial charge in [-0.3, -0.25) is 0 Å². The Morgan fingerprint density at radius 1 is 1.15 bits per heavy atom. The van der Waals surface area contributed by atoms with Crippen LogP contribution in [0.1, 0.15) is 6.92 Å². The molecule has 0 aliphatic carbocycles. The maximum absolute atomic E-state index is 12.3. The predicted molar refractivity (Wildman–Crippen MR) is 29.3 cm³/mol. The molecule has 0 rings (SSSR count). The fourth-order valence-electron chi connectivity index (χ4n) is 0.417. The van der Waals surface area contributed by atoms with E-state index in [4.69, 9.17) is 10.2 Å². The molecule has 0 radical (unpaired) electrons. The van der Waals surface area contributed by atoms with Crippen molar-refractivity contribution in [3.8, 4) is 0 Å². The van der Waals surface area contributed by atoms with E-state index in [-0.39, 0.29) is 6.92 Å². The van der Waals surface area contributed by atoms with E-state index in [1.807, 2.05) is 0 Å². The zero-order chi connectivity index (χ0) is 11.1. The van der Waals surface area contributed by atoms with Crippen LogP contribution in [0.3, 0.4) is 0 Å². The number of carbonyl (C=O) groups is 1. The number of aliphatic carboxylic acids is 1. The monoisotopic (exact) mass is 208 g/mol. The highest BCUT2D eigenvalue weighted by atomic mass is 19.3. The number of hydrogen-bond acceptors (Lipinski definition) is 2. The Kier molecular flexibility index (Phi) is 2.59. The van der Waals surface area contributed by atoms with Gasteiger partial charge in [0.25, 0.3) is 0 Å². The molecule has 8 heteroatoms. The number of carboxylic acids is 1. The Balaban J connectivity index is 5.16. The topological polar surface area (TPSA) is 57.5 Å². The lowest BCUT2D eigenvalue weighted by Crippen LogP contribution is -2.59. The van der Waals surface area contributed by atoms with E-state index in [9.17, 15) is 26.7 Å². The van der Waals surface area contributed by atoms with Crippen molar-refractivity contribution >= 4 is 5.97 Å². The van der Waals surface area contributed by atoms with E-state index < -0.39 is 23.7 Å². The average molecular weight is 208 g/mol. The van der Waals surface area contributed by atoms with Crippen molar-refractivity contribution in [2.45, 2.75) is 24.6 Å². The lowest BCUT2D eigenvalue weighted by Gasteiger charge is -2.29. The Hall–Kier alpha value is -0.920. The summed E-state index contributed by atoms with van der Waals surface area (Å²) in [7, 11) is 0. The predicted octanol–water partition coefficient (Wildman–Crippen LogP) is 1.02. The molecule has 0 fully saturated rings. The van der Waals surface area contributed by atoms with Gasteiger partial charge in [-0.2, -0.15) is 13.2 Å². The van der Waals surface area contributed by atoms with Crippen LogP contribution < -0.4 is 0 Å². The first-order chi connectivity index (χ1) is 5.44. The molecule has 0 spiro atoms. The summed E-state index contributed by atoms with van der Waals surface area (Å²) in [6, 6.07) is 0. The second-order valence-electron chi connectivity index (χ2n) is 2.39. The maximum Gasteiger partial charge on any atom is 0.405 e. The van der Waals surface area contributed by atoms with Gasteiger partial charge >= 0.3 is 23.7 Å². The second-order valence-corrected chi connectivity index (χ2v) is 2.39. The first-order valence-electron chi connectivity index (χ1n) is 2.85. The highest BCUT2D eigenvalue weighted by molar-refractivity contribution is 5.76. The summed E-state index contributed by atoms with van der Waals surface area (Å²) in [6.07, 6.45) is 0. The van der Waals surface area contributed by atoms with Gasteiger partial charge in [0.15, 0.2) is 0 Å². The Bertz CT molecular complexity index is 219. The van der Waals surface area contributed by atoms with E-state index >= 15 is 0 Å². The fourth-order valence-corrected chi connectivity index (χ4v) is 0.417. The van der Waals surface area contributed by atoms with E-state index in [1.165, 1.54) is 0 Å². The molecular formula is C5H5F5O3. The van der Waals surface area contributed by atoms with Crippen molar-refractivity contribution in [2.24, 2.45) is 0 Å². The van der Waals surface area contributed by atoms with Crippen LogP contribution in [-0.4, -0.2) is 33.9 Å². The minimum atomic E-state index is -5.56. The highest BCUT2D eigenvalue weighted by Gasteiger charge is 2.71. The number of carboxylic acid groups (broad SMARTS) is 1. The average Bonchev–Trinajstić information content (AvgIpc) is 1.84. The maximum atomic E-state index is 12.3. The summed E-state index contributed by atoms with van der Waals surface area (Å²) in [5.74, 6) is -19.0. The van der Waals surface area contributed by atoms with E-state index in [0.717, 1.165) is 0 Å². The Morgan fingerprint density at radius 3 is 1.54 bits per heavy atom. The molecule has 0 heterocycles. The summed E-state index contributed by atoms with van der Waals surface area (Å²) in [6.45, 7) is -0.357. The summed E-state index contributed by atoms with van der Waals surface area (Å²) in [5.41, 5.74) is 0. The molecule has 0 aromatic heterocycles. The number of aliphatic hydroxyl groups is 1. The zero-order valence-electron chi connectivity index (χ0n) is 6.19. The third kappa shape index (κ3) is 1.71. The van der Waals surface area contributed by atoms with Gasteiger partial charge in [0.05, 0.1) is 0 Å². The van der Waals surface area contributed by atoms with Crippen molar-refractivity contribution in [3.63, 3.8) is 0 Å². The van der Waals surface area contributed by atoms with Crippen LogP contribution in [0.25, 0.3) is 0 Å². The van der Waals surface area contributed by atoms with Crippen LogP contribution in [-0.2, 0) is 4.79 Å². The first kappa shape index (κ1) is 12.1. The molecule has 0 amide bonds. The normalized spacial score (nSPS) is 18.1. The molecule has 0 aromatic rings. The molecule has 13 heavy (non-hydrogen) atoms. The second kappa shape index (κ2) is 2.79. The number of alkyl halides is 5. The molecule has 2 N–H and O–H groups in total. The Morgan fingerprint density at radius 2 is 1.46 bits per heavy atom. The van der Waals surface area contributed by atoms with Gasteiger partial charge < -0.3 is 10.2 Å². The lowest BCUT2D eigenvalue weighted by molar-refractivity contribution is -0.331. The van der Waals surface area contributed by atoms with Gasteiger partial charge in [0.1, 0.15) is 0 Å². The largest absolute Gasteiger partial charge is 0.477 e. The molecule has 78 valence electrons. The van der Waals surface area contributed by atoms with E-state index in [0.29, 0.717) is 0 Å². The lowest BCUT2D eigenvalue weighted by atomic mass is 10.1. The molecule has 0 aliphatic heterocycles. The molecule has 1 unspecified atom stereocenters. The summed E-state index contributed by atoms with van der Waals surface area (Å²) >= 11 is 0. The van der Waals surface area contributed by atoms with Crippen molar-refractivity contribution in [3.05, 3.63) is 0 Å². The van der Waals surface area contributed by atoms with Crippen LogP contribution >= 0.6 is 0 Å². The fraction of sp³-hybridized carbons (Fsp3) is 0.800. The molecule has 1 atom stereocenters. The van der Waals surface area contributed by atoms with Crippen molar-refractivity contribution in [1.82, 2.24) is 0 Å². The van der Waals surface area contributed by atoms with Gasteiger partial charge in [-0.25, -0.2) is 13.6 Å². The van der Waals surface area contributed by atoms with Gasteiger partial charge in [0, 0.05) is 6.92 Å². The number of hydrogen-bond donors (Lipinski definition) is 2. The zero-order valence-corrected chi connectivity index (χ0v) is 6.19. The van der Waals surface area contributed by atoms with Crippen LogP contribution in [0.5, 0.6) is 0 Å². The molecule has 0 saturated carbocycles. The molecule has 0 aromatic carbocycles. The minimum absolute atomic E-state index is 0.357. The highest BCUT2D eigenvalue weighted by Crippen LogP contribution is 2.41. The van der Waals surface area contributed by atoms with Crippen LogP contribution in [0.4, 0.5) is 22.0 Å². The quantitative estimate of drug-likeness (QED) is 0.680. The third-order valence-corrected chi connectivity index (χ3v) is 1.27. The molecule has 0 bridgehead atoms. The molecule has 0 aliphatic rings. The molecular weight excluding hydrogens is 203 g/mol. The molecule has 3 nitrogen and oxygen atoms in total. The van der Waals surface area contributed by atoms with Gasteiger partial charge in [-0.1, -0.05) is 0 Å².